The fourth-order valence-corrected chi connectivity index (χ4v) is 1.74. The quantitative estimate of drug-likeness (QED) is 0.886. The molecule has 1 heterocycles. The Labute approximate surface area is 105 Å². The van der Waals surface area contributed by atoms with Crippen LogP contribution in [-0.2, 0) is 0 Å². The lowest BCUT2D eigenvalue weighted by atomic mass is 10.2. The molecular weight excluding hydrogens is 286 g/mol. The summed E-state index contributed by atoms with van der Waals surface area (Å²) in [7, 11) is 0. The van der Waals surface area contributed by atoms with E-state index in [2.05, 4.69) is 31.4 Å². The molecule has 0 saturated heterocycles. The zero-order valence-corrected chi connectivity index (χ0v) is 10.2. The lowest BCUT2D eigenvalue weighted by Crippen LogP contribution is -2.20. The molecule has 0 aliphatic heterocycles. The molecule has 0 aliphatic carbocycles. The van der Waals surface area contributed by atoms with Crippen molar-refractivity contribution in [2.75, 3.05) is 5.32 Å². The first-order valence-corrected chi connectivity index (χ1v) is 5.57. The van der Waals surface area contributed by atoms with E-state index in [0.29, 0.717) is 10.0 Å². The van der Waals surface area contributed by atoms with Gasteiger partial charge in [-0.25, -0.2) is 5.10 Å². The molecule has 0 aliphatic rings. The van der Waals surface area contributed by atoms with E-state index in [0.717, 1.165) is 0 Å². The molecule has 1 aromatic heterocycles. The number of aromatic amines is 1. The zero-order chi connectivity index (χ0) is 12.3. The minimum atomic E-state index is -0.437. The molecule has 17 heavy (non-hydrogen) atoms. The number of aromatic nitrogens is 2. The first-order valence-electron chi connectivity index (χ1n) is 4.78. The van der Waals surface area contributed by atoms with Crippen LogP contribution in [0, 0.1) is 0 Å². The van der Waals surface area contributed by atoms with Gasteiger partial charge in [0.2, 0.25) is 0 Å². The van der Waals surface area contributed by atoms with Crippen LogP contribution >= 0.6 is 15.9 Å². The Morgan fingerprint density at radius 2 is 2.06 bits per heavy atom. The van der Waals surface area contributed by atoms with Gasteiger partial charge in [0.1, 0.15) is 5.69 Å². The number of halogens is 1. The van der Waals surface area contributed by atoms with Crippen LogP contribution in [0.4, 0.5) is 5.69 Å². The molecule has 2 aromatic rings. The number of H-pyrrole nitrogens is 1. The van der Waals surface area contributed by atoms with Crippen LogP contribution in [0.15, 0.2) is 45.8 Å². The van der Waals surface area contributed by atoms with Gasteiger partial charge in [-0.3, -0.25) is 9.59 Å². The number of nitrogens with one attached hydrogen (secondary N) is 2. The van der Waals surface area contributed by atoms with Gasteiger partial charge >= 0.3 is 0 Å². The molecule has 0 bridgehead atoms. The van der Waals surface area contributed by atoms with Gasteiger partial charge in [0, 0.05) is 10.7 Å². The van der Waals surface area contributed by atoms with Gasteiger partial charge < -0.3 is 5.32 Å². The fraction of sp³-hybridized carbons (Fsp3) is 0. The molecule has 0 spiro atoms. The Kier molecular flexibility index (Phi) is 3.34. The van der Waals surface area contributed by atoms with Crippen molar-refractivity contribution < 1.29 is 4.79 Å². The van der Waals surface area contributed by atoms with Gasteiger partial charge in [-0.15, -0.1) is 0 Å². The molecule has 5 nitrogen and oxygen atoms in total. The van der Waals surface area contributed by atoms with E-state index in [1.807, 2.05) is 0 Å². The summed E-state index contributed by atoms with van der Waals surface area (Å²) in [6.07, 6.45) is 1.40. The predicted molar refractivity (Wildman–Crippen MR) is 67.0 cm³/mol. The Bertz CT molecular complexity index is 609. The Balaban J connectivity index is 2.27. The Hall–Kier alpha value is -1.95. The third-order valence-electron chi connectivity index (χ3n) is 2.09. The second-order valence-corrected chi connectivity index (χ2v) is 4.09. The van der Waals surface area contributed by atoms with Crippen molar-refractivity contribution in [1.82, 2.24) is 10.2 Å². The van der Waals surface area contributed by atoms with Crippen molar-refractivity contribution in [3.63, 3.8) is 0 Å². The van der Waals surface area contributed by atoms with E-state index in [-0.39, 0.29) is 11.6 Å². The lowest BCUT2D eigenvalue weighted by molar-refractivity contribution is 0.102. The highest BCUT2D eigenvalue weighted by Gasteiger charge is 2.10. The number of rotatable bonds is 2. The molecule has 86 valence electrons. The SMILES string of the molecule is O=C(Nc1ccn[nH]c1=O)c1ccccc1Br. The number of amides is 1. The van der Waals surface area contributed by atoms with Gasteiger partial charge in [0.05, 0.1) is 5.56 Å². The maximum absolute atomic E-state index is 11.9. The van der Waals surface area contributed by atoms with Gasteiger partial charge in [-0.2, -0.15) is 5.10 Å². The van der Waals surface area contributed by atoms with E-state index < -0.39 is 5.56 Å². The first kappa shape index (κ1) is 11.5. The number of carbonyl (C=O) groups is 1. The fourth-order valence-electron chi connectivity index (χ4n) is 1.28. The number of hydrogen-bond acceptors (Lipinski definition) is 3. The second kappa shape index (κ2) is 4.92. The number of nitrogens with zero attached hydrogens (tertiary/aromatic N) is 1. The second-order valence-electron chi connectivity index (χ2n) is 3.23. The maximum atomic E-state index is 11.9. The van der Waals surface area contributed by atoms with E-state index >= 15 is 0 Å². The highest BCUT2D eigenvalue weighted by Crippen LogP contribution is 2.16. The van der Waals surface area contributed by atoms with Crippen molar-refractivity contribution >= 4 is 27.5 Å². The van der Waals surface area contributed by atoms with Crippen molar-refractivity contribution in [3.8, 4) is 0 Å². The van der Waals surface area contributed by atoms with E-state index in [1.165, 1.54) is 12.3 Å². The number of benzene rings is 1. The molecular formula is C11H8BrN3O2. The third-order valence-corrected chi connectivity index (χ3v) is 2.78. The molecule has 6 heteroatoms. The van der Waals surface area contributed by atoms with Crippen LogP contribution in [0.5, 0.6) is 0 Å². The monoisotopic (exact) mass is 293 g/mol. The number of hydrogen-bond donors (Lipinski definition) is 2. The number of carbonyl (C=O) groups excluding carboxylic acids is 1. The molecule has 1 aromatic carbocycles. The van der Waals surface area contributed by atoms with Gasteiger partial charge in [0.15, 0.2) is 0 Å². The largest absolute Gasteiger partial charge is 0.317 e. The standard InChI is InChI=1S/C11H8BrN3O2/c12-8-4-2-1-3-7(8)10(16)14-9-5-6-13-15-11(9)17/h1-6H,(H,15,17)(H,13,14,16). The maximum Gasteiger partial charge on any atom is 0.287 e. The highest BCUT2D eigenvalue weighted by atomic mass is 79.9. The molecule has 1 amide bonds. The van der Waals surface area contributed by atoms with Crippen LogP contribution < -0.4 is 10.9 Å². The van der Waals surface area contributed by atoms with Crippen molar-refractivity contribution in [2.45, 2.75) is 0 Å². The van der Waals surface area contributed by atoms with E-state index in [1.54, 1.807) is 24.3 Å². The first-order chi connectivity index (χ1) is 8.18. The van der Waals surface area contributed by atoms with Gasteiger partial charge in [-0.05, 0) is 34.1 Å². The van der Waals surface area contributed by atoms with Crippen LogP contribution in [0.25, 0.3) is 0 Å². The average Bonchev–Trinajstić information content (AvgIpc) is 2.32. The topological polar surface area (TPSA) is 74.8 Å². The summed E-state index contributed by atoms with van der Waals surface area (Å²) >= 11 is 3.27. The van der Waals surface area contributed by atoms with Crippen LogP contribution in [0.2, 0.25) is 0 Å². The molecule has 0 unspecified atom stereocenters. The summed E-state index contributed by atoms with van der Waals surface area (Å²) in [5, 5.41) is 8.30. The molecule has 0 radical (unpaired) electrons. The normalized spacial score (nSPS) is 9.94. The summed E-state index contributed by atoms with van der Waals surface area (Å²) < 4.78 is 0.669. The van der Waals surface area contributed by atoms with E-state index in [4.69, 9.17) is 0 Å². The highest BCUT2D eigenvalue weighted by molar-refractivity contribution is 9.10. The summed E-state index contributed by atoms with van der Waals surface area (Å²) in [6, 6.07) is 8.41. The van der Waals surface area contributed by atoms with Gasteiger partial charge in [-0.1, -0.05) is 12.1 Å². The lowest BCUT2D eigenvalue weighted by Gasteiger charge is -2.05. The van der Waals surface area contributed by atoms with Crippen molar-refractivity contribution in [2.24, 2.45) is 0 Å². The molecule has 2 rings (SSSR count). The summed E-state index contributed by atoms with van der Waals surface area (Å²) in [4.78, 5) is 23.2. The van der Waals surface area contributed by atoms with Crippen molar-refractivity contribution in [3.05, 3.63) is 56.9 Å². The van der Waals surface area contributed by atoms with E-state index in [9.17, 15) is 9.59 Å². The van der Waals surface area contributed by atoms with Crippen LogP contribution in [0.1, 0.15) is 10.4 Å². The summed E-state index contributed by atoms with van der Waals surface area (Å²) in [6.45, 7) is 0. The number of anilines is 1. The van der Waals surface area contributed by atoms with Gasteiger partial charge in [0.25, 0.3) is 11.5 Å². The Morgan fingerprint density at radius 1 is 1.29 bits per heavy atom. The minimum absolute atomic E-state index is 0.167. The molecule has 0 fully saturated rings. The zero-order valence-electron chi connectivity index (χ0n) is 8.61. The Morgan fingerprint density at radius 3 is 2.76 bits per heavy atom. The summed E-state index contributed by atoms with van der Waals surface area (Å²) in [5.41, 5.74) is 0.192. The van der Waals surface area contributed by atoms with Crippen LogP contribution in [0.3, 0.4) is 0 Å². The molecule has 2 N–H and O–H groups in total. The third kappa shape index (κ3) is 2.59. The van der Waals surface area contributed by atoms with Crippen molar-refractivity contribution in [1.29, 1.82) is 0 Å². The van der Waals surface area contributed by atoms with Crippen LogP contribution in [-0.4, -0.2) is 16.1 Å². The minimum Gasteiger partial charge on any atom is -0.317 e. The average molecular weight is 294 g/mol. The predicted octanol–water partition coefficient (Wildman–Crippen LogP) is 1.78. The smallest absolute Gasteiger partial charge is 0.287 e. The molecule has 0 atom stereocenters. The summed E-state index contributed by atoms with van der Waals surface area (Å²) in [5.74, 6) is -0.353. The molecule has 0 saturated carbocycles.